The zero-order valence-corrected chi connectivity index (χ0v) is 12.7. The molecule has 19 heavy (non-hydrogen) atoms. The topological polar surface area (TPSA) is 23.8 Å². The Kier molecular flexibility index (Phi) is 3.72. The molecule has 0 unspecified atom stereocenters. The van der Waals surface area contributed by atoms with E-state index in [1.54, 1.807) is 0 Å². The van der Waals surface area contributed by atoms with E-state index in [1.807, 2.05) is 0 Å². The quantitative estimate of drug-likeness (QED) is 0.749. The molecule has 1 aliphatic rings. The third-order valence-electron chi connectivity index (χ3n) is 4.49. The normalized spacial score (nSPS) is 26.6. The molecule has 0 saturated heterocycles. The van der Waals surface area contributed by atoms with Crippen LogP contribution in [0.15, 0.2) is 24.3 Å². The van der Waals surface area contributed by atoms with E-state index in [0.717, 1.165) is 18.8 Å². The van der Waals surface area contributed by atoms with Gasteiger partial charge in [-0.05, 0) is 35.3 Å². The lowest BCUT2D eigenvalue weighted by Crippen LogP contribution is -2.40. The number of rotatable bonds is 3. The van der Waals surface area contributed by atoms with Gasteiger partial charge in [0.05, 0.1) is 11.5 Å². The van der Waals surface area contributed by atoms with Crippen molar-refractivity contribution in [2.45, 2.75) is 64.2 Å². The van der Waals surface area contributed by atoms with Gasteiger partial charge in [-0.2, -0.15) is 5.26 Å². The second kappa shape index (κ2) is 5.00. The molecule has 1 heteroatoms. The van der Waals surface area contributed by atoms with E-state index in [2.05, 4.69) is 58.0 Å². The Bertz CT molecular complexity index is 464. The van der Waals surface area contributed by atoms with Gasteiger partial charge in [0.1, 0.15) is 0 Å². The molecule has 1 aliphatic carbocycles. The van der Waals surface area contributed by atoms with Crippen molar-refractivity contribution >= 4 is 0 Å². The Morgan fingerprint density at radius 3 is 2.21 bits per heavy atom. The molecule has 1 fully saturated rings. The number of hydrogen-bond donors (Lipinski definition) is 0. The molecule has 102 valence electrons. The zero-order valence-electron chi connectivity index (χ0n) is 12.7. The van der Waals surface area contributed by atoms with E-state index in [4.69, 9.17) is 0 Å². The largest absolute Gasteiger partial charge is 0.197 e. The van der Waals surface area contributed by atoms with Crippen molar-refractivity contribution in [2.24, 2.45) is 5.92 Å². The molecule has 1 nitrogen and oxygen atoms in total. The molecule has 0 radical (unpaired) electrons. The molecule has 0 atom stereocenters. The second-order valence-corrected chi connectivity index (χ2v) is 7.08. The van der Waals surface area contributed by atoms with Crippen molar-refractivity contribution < 1.29 is 0 Å². The highest BCUT2D eigenvalue weighted by Crippen LogP contribution is 2.49. The van der Waals surface area contributed by atoms with Gasteiger partial charge in [0.2, 0.25) is 0 Å². The standard InChI is InChI=1S/C18H25N/c1-5-6-14-11-18(12-14,13-19)16-9-7-15(8-10-16)17(2,3)4/h7-10,14H,5-6,11-12H2,1-4H3. The van der Waals surface area contributed by atoms with Gasteiger partial charge in [0.25, 0.3) is 0 Å². The average molecular weight is 255 g/mol. The lowest BCUT2D eigenvalue weighted by atomic mass is 9.58. The van der Waals surface area contributed by atoms with Crippen LogP contribution in [0.25, 0.3) is 0 Å². The van der Waals surface area contributed by atoms with Gasteiger partial charge in [0.15, 0.2) is 0 Å². The van der Waals surface area contributed by atoms with E-state index in [9.17, 15) is 5.26 Å². The maximum atomic E-state index is 9.56. The molecule has 0 aliphatic heterocycles. The lowest BCUT2D eigenvalue weighted by molar-refractivity contribution is 0.184. The molecule has 0 aromatic heterocycles. The zero-order chi connectivity index (χ0) is 14.1. The van der Waals surface area contributed by atoms with Crippen LogP contribution in [0, 0.1) is 17.2 Å². The van der Waals surface area contributed by atoms with E-state index < -0.39 is 0 Å². The van der Waals surface area contributed by atoms with Gasteiger partial charge in [-0.15, -0.1) is 0 Å². The van der Waals surface area contributed by atoms with Gasteiger partial charge in [-0.3, -0.25) is 0 Å². The monoisotopic (exact) mass is 255 g/mol. The molecule has 1 aromatic carbocycles. The van der Waals surface area contributed by atoms with Crippen molar-refractivity contribution in [3.8, 4) is 6.07 Å². The Balaban J connectivity index is 2.16. The predicted molar refractivity (Wildman–Crippen MR) is 80.1 cm³/mol. The SMILES string of the molecule is CCCC1CC(C#N)(c2ccc(C(C)(C)C)cc2)C1. The summed E-state index contributed by atoms with van der Waals surface area (Å²) in [6.07, 6.45) is 4.59. The van der Waals surface area contributed by atoms with E-state index in [-0.39, 0.29) is 10.8 Å². The van der Waals surface area contributed by atoms with Gasteiger partial charge in [-0.25, -0.2) is 0 Å². The van der Waals surface area contributed by atoms with Crippen molar-refractivity contribution in [3.63, 3.8) is 0 Å². The average Bonchev–Trinajstić information content (AvgIpc) is 2.32. The highest BCUT2D eigenvalue weighted by atomic mass is 14.5. The Morgan fingerprint density at radius 1 is 1.21 bits per heavy atom. The first-order valence-electron chi connectivity index (χ1n) is 7.43. The van der Waals surface area contributed by atoms with Crippen LogP contribution in [0.1, 0.15) is 64.5 Å². The molecule has 0 spiro atoms. The Morgan fingerprint density at radius 2 is 1.79 bits per heavy atom. The number of hydrogen-bond acceptors (Lipinski definition) is 1. The molecule has 0 bridgehead atoms. The maximum absolute atomic E-state index is 9.56. The number of nitrogens with zero attached hydrogens (tertiary/aromatic N) is 1. The second-order valence-electron chi connectivity index (χ2n) is 7.08. The fourth-order valence-corrected chi connectivity index (χ4v) is 3.22. The first kappa shape index (κ1) is 14.1. The smallest absolute Gasteiger partial charge is 0.0827 e. The number of nitriles is 1. The molecular weight excluding hydrogens is 230 g/mol. The minimum atomic E-state index is -0.198. The van der Waals surface area contributed by atoms with Crippen LogP contribution in [-0.2, 0) is 10.8 Å². The van der Waals surface area contributed by atoms with Gasteiger partial charge < -0.3 is 0 Å². The summed E-state index contributed by atoms with van der Waals surface area (Å²) in [4.78, 5) is 0. The summed E-state index contributed by atoms with van der Waals surface area (Å²) in [5, 5.41) is 9.56. The van der Waals surface area contributed by atoms with Crippen LogP contribution in [-0.4, -0.2) is 0 Å². The number of benzene rings is 1. The predicted octanol–water partition coefficient (Wildman–Crippen LogP) is 4.96. The minimum absolute atomic E-state index is 0.183. The van der Waals surface area contributed by atoms with Crippen LogP contribution >= 0.6 is 0 Å². The molecule has 1 aromatic rings. The first-order chi connectivity index (χ1) is 8.91. The third kappa shape index (κ3) is 2.68. The minimum Gasteiger partial charge on any atom is -0.197 e. The van der Waals surface area contributed by atoms with E-state index in [0.29, 0.717) is 0 Å². The Hall–Kier alpha value is -1.29. The Labute approximate surface area is 117 Å². The third-order valence-corrected chi connectivity index (χ3v) is 4.49. The van der Waals surface area contributed by atoms with Crippen LogP contribution < -0.4 is 0 Å². The van der Waals surface area contributed by atoms with Crippen molar-refractivity contribution in [2.75, 3.05) is 0 Å². The van der Waals surface area contributed by atoms with Crippen LogP contribution in [0.3, 0.4) is 0 Å². The highest BCUT2D eigenvalue weighted by Gasteiger charge is 2.45. The van der Waals surface area contributed by atoms with E-state index in [1.165, 1.54) is 24.0 Å². The summed E-state index contributed by atoms with van der Waals surface area (Å²) in [7, 11) is 0. The fraction of sp³-hybridized carbons (Fsp3) is 0.611. The summed E-state index contributed by atoms with van der Waals surface area (Å²) in [5.74, 6) is 0.756. The van der Waals surface area contributed by atoms with Gasteiger partial charge in [0, 0.05) is 0 Å². The highest BCUT2D eigenvalue weighted by molar-refractivity contribution is 5.39. The van der Waals surface area contributed by atoms with Crippen molar-refractivity contribution in [1.82, 2.24) is 0 Å². The fourth-order valence-electron chi connectivity index (χ4n) is 3.22. The van der Waals surface area contributed by atoms with Crippen molar-refractivity contribution in [1.29, 1.82) is 5.26 Å². The molecule has 2 rings (SSSR count). The van der Waals surface area contributed by atoms with Crippen molar-refractivity contribution in [3.05, 3.63) is 35.4 Å². The molecule has 0 amide bonds. The summed E-state index contributed by atoms with van der Waals surface area (Å²) in [6, 6.07) is 11.3. The maximum Gasteiger partial charge on any atom is 0.0827 e. The summed E-state index contributed by atoms with van der Waals surface area (Å²) < 4.78 is 0. The molecule has 1 saturated carbocycles. The molecule has 0 heterocycles. The van der Waals surface area contributed by atoms with Crippen LogP contribution in [0.5, 0.6) is 0 Å². The first-order valence-corrected chi connectivity index (χ1v) is 7.43. The van der Waals surface area contributed by atoms with Gasteiger partial charge >= 0.3 is 0 Å². The molecular formula is C18H25N. The summed E-state index contributed by atoms with van der Waals surface area (Å²) in [6.45, 7) is 8.90. The van der Waals surface area contributed by atoms with Gasteiger partial charge in [-0.1, -0.05) is 64.8 Å². The van der Waals surface area contributed by atoms with Crippen LogP contribution in [0.4, 0.5) is 0 Å². The summed E-state index contributed by atoms with van der Waals surface area (Å²) in [5.41, 5.74) is 2.54. The lowest BCUT2D eigenvalue weighted by Gasteiger charge is -2.43. The summed E-state index contributed by atoms with van der Waals surface area (Å²) >= 11 is 0. The van der Waals surface area contributed by atoms with Crippen LogP contribution in [0.2, 0.25) is 0 Å². The van der Waals surface area contributed by atoms with E-state index >= 15 is 0 Å². The molecule has 0 N–H and O–H groups in total.